The van der Waals surface area contributed by atoms with Crippen LogP contribution in [0.25, 0.3) is 0 Å². The highest BCUT2D eigenvalue weighted by Crippen LogP contribution is 2.29. The van der Waals surface area contributed by atoms with E-state index in [9.17, 15) is 9.59 Å². The van der Waals surface area contributed by atoms with Gasteiger partial charge in [0.05, 0.1) is 6.54 Å². The molecule has 0 N–H and O–H groups in total. The molecule has 0 bridgehead atoms. The second-order valence-corrected chi connectivity index (χ2v) is 4.87. The molecule has 0 radical (unpaired) electrons. The van der Waals surface area contributed by atoms with E-state index in [1.807, 2.05) is 24.3 Å². The van der Waals surface area contributed by atoms with Gasteiger partial charge in [0, 0.05) is 17.7 Å². The first-order valence-electron chi connectivity index (χ1n) is 6.89. The number of anilines is 1. The second-order valence-electron chi connectivity index (χ2n) is 4.87. The van der Waals surface area contributed by atoms with E-state index in [4.69, 9.17) is 4.74 Å². The molecule has 106 valence electrons. The Hall–Kier alpha value is -2.62. The molecule has 0 spiro atoms. The molecule has 21 heavy (non-hydrogen) atoms. The van der Waals surface area contributed by atoms with Crippen LogP contribution < -0.4 is 9.64 Å². The van der Waals surface area contributed by atoms with Crippen LogP contribution in [0.5, 0.6) is 5.75 Å². The van der Waals surface area contributed by atoms with Crippen LogP contribution in [0.4, 0.5) is 5.69 Å². The Balaban J connectivity index is 1.80. The van der Waals surface area contributed by atoms with Crippen molar-refractivity contribution < 1.29 is 14.3 Å². The number of ether oxygens (including phenoxy) is 1. The zero-order chi connectivity index (χ0) is 14.8. The van der Waals surface area contributed by atoms with Crippen LogP contribution in [0.15, 0.2) is 48.5 Å². The highest BCUT2D eigenvalue weighted by molar-refractivity contribution is 6.09. The summed E-state index contributed by atoms with van der Waals surface area (Å²) in [4.78, 5) is 25.3. The Labute approximate surface area is 123 Å². The first-order valence-corrected chi connectivity index (χ1v) is 6.89. The largest absolute Gasteiger partial charge is 0.427 e. The second kappa shape index (κ2) is 5.40. The summed E-state index contributed by atoms with van der Waals surface area (Å²) in [6.07, 6.45) is 0.335. The molecule has 0 saturated carbocycles. The SMILES string of the molecule is CCC(=O)Oc1ccc(N2Cc3ccccc3C2=O)cc1. The predicted molar refractivity (Wildman–Crippen MR) is 79.3 cm³/mol. The van der Waals surface area contributed by atoms with E-state index in [-0.39, 0.29) is 11.9 Å². The van der Waals surface area contributed by atoms with E-state index in [1.165, 1.54) is 0 Å². The van der Waals surface area contributed by atoms with Crippen molar-refractivity contribution in [1.29, 1.82) is 0 Å². The van der Waals surface area contributed by atoms with Gasteiger partial charge in [0.15, 0.2) is 0 Å². The fourth-order valence-corrected chi connectivity index (χ4v) is 2.36. The third-order valence-electron chi connectivity index (χ3n) is 3.49. The van der Waals surface area contributed by atoms with Crippen LogP contribution in [0, 0.1) is 0 Å². The van der Waals surface area contributed by atoms with E-state index >= 15 is 0 Å². The topological polar surface area (TPSA) is 46.6 Å². The van der Waals surface area contributed by atoms with E-state index < -0.39 is 0 Å². The van der Waals surface area contributed by atoms with Gasteiger partial charge in [-0.25, -0.2) is 0 Å². The zero-order valence-electron chi connectivity index (χ0n) is 11.7. The van der Waals surface area contributed by atoms with Crippen LogP contribution in [0.2, 0.25) is 0 Å². The average molecular weight is 281 g/mol. The van der Waals surface area contributed by atoms with Gasteiger partial charge in [-0.2, -0.15) is 0 Å². The lowest BCUT2D eigenvalue weighted by molar-refractivity contribution is -0.134. The maximum absolute atomic E-state index is 12.3. The van der Waals surface area contributed by atoms with Crippen molar-refractivity contribution >= 4 is 17.6 Å². The van der Waals surface area contributed by atoms with Crippen molar-refractivity contribution in [3.63, 3.8) is 0 Å². The molecule has 3 rings (SSSR count). The van der Waals surface area contributed by atoms with Crippen LogP contribution in [-0.2, 0) is 11.3 Å². The molecule has 1 amide bonds. The lowest BCUT2D eigenvalue weighted by Gasteiger charge is -2.16. The molecule has 2 aromatic carbocycles. The summed E-state index contributed by atoms with van der Waals surface area (Å²) in [5.74, 6) is 0.228. The van der Waals surface area contributed by atoms with Gasteiger partial charge < -0.3 is 9.64 Å². The van der Waals surface area contributed by atoms with Crippen molar-refractivity contribution in [2.75, 3.05) is 4.90 Å². The van der Waals surface area contributed by atoms with Gasteiger partial charge in [0.2, 0.25) is 0 Å². The molecule has 4 heteroatoms. The molecule has 1 aliphatic heterocycles. The summed E-state index contributed by atoms with van der Waals surface area (Å²) in [7, 11) is 0. The highest BCUT2D eigenvalue weighted by atomic mass is 16.5. The molecular formula is C17H15NO3. The number of hydrogen-bond acceptors (Lipinski definition) is 3. The summed E-state index contributed by atoms with van der Waals surface area (Å²) in [6, 6.07) is 14.6. The molecule has 0 saturated heterocycles. The summed E-state index contributed by atoms with van der Waals surface area (Å²) in [6.45, 7) is 2.32. The lowest BCUT2D eigenvalue weighted by Crippen LogP contribution is -2.22. The number of esters is 1. The number of amides is 1. The summed E-state index contributed by atoms with van der Waals surface area (Å²) in [5, 5.41) is 0. The maximum Gasteiger partial charge on any atom is 0.310 e. The molecule has 0 atom stereocenters. The van der Waals surface area contributed by atoms with Crippen LogP contribution in [0.3, 0.4) is 0 Å². The quantitative estimate of drug-likeness (QED) is 0.641. The minimum Gasteiger partial charge on any atom is -0.427 e. The van der Waals surface area contributed by atoms with Crippen molar-refractivity contribution in [3.8, 4) is 5.75 Å². The van der Waals surface area contributed by atoms with Crippen molar-refractivity contribution in [2.45, 2.75) is 19.9 Å². The monoisotopic (exact) mass is 281 g/mol. The van der Waals surface area contributed by atoms with Crippen molar-refractivity contribution in [2.24, 2.45) is 0 Å². The minimum absolute atomic E-state index is 0.00361. The third-order valence-corrected chi connectivity index (χ3v) is 3.49. The molecule has 1 aliphatic rings. The Morgan fingerprint density at radius 3 is 2.52 bits per heavy atom. The van der Waals surface area contributed by atoms with Crippen LogP contribution >= 0.6 is 0 Å². The Kier molecular flexibility index (Phi) is 3.44. The van der Waals surface area contributed by atoms with Gasteiger partial charge in [-0.1, -0.05) is 25.1 Å². The lowest BCUT2D eigenvalue weighted by atomic mass is 10.1. The molecule has 0 aromatic heterocycles. The molecule has 2 aromatic rings. The number of carbonyl (C=O) groups is 2. The van der Waals surface area contributed by atoms with Gasteiger partial charge in [-0.3, -0.25) is 9.59 Å². The number of fused-ring (bicyclic) bond motifs is 1. The van der Waals surface area contributed by atoms with Gasteiger partial charge in [-0.05, 0) is 35.9 Å². The fourth-order valence-electron chi connectivity index (χ4n) is 2.36. The van der Waals surface area contributed by atoms with Crippen molar-refractivity contribution in [3.05, 3.63) is 59.7 Å². The van der Waals surface area contributed by atoms with E-state index in [0.717, 1.165) is 16.8 Å². The predicted octanol–water partition coefficient (Wildman–Crippen LogP) is 3.16. The molecule has 0 unspecified atom stereocenters. The van der Waals surface area contributed by atoms with Crippen LogP contribution in [-0.4, -0.2) is 11.9 Å². The van der Waals surface area contributed by atoms with Gasteiger partial charge in [-0.15, -0.1) is 0 Å². The number of benzene rings is 2. The Bertz CT molecular complexity index is 691. The standard InChI is InChI=1S/C17H15NO3/c1-2-16(19)21-14-9-7-13(8-10-14)18-11-12-5-3-4-6-15(12)17(18)20/h3-10H,2,11H2,1H3. The maximum atomic E-state index is 12.3. The zero-order valence-corrected chi connectivity index (χ0v) is 11.7. The summed E-state index contributed by atoms with van der Waals surface area (Å²) < 4.78 is 5.13. The van der Waals surface area contributed by atoms with Gasteiger partial charge in [0.1, 0.15) is 5.75 Å². The third kappa shape index (κ3) is 2.52. The first-order chi connectivity index (χ1) is 10.2. The van der Waals surface area contributed by atoms with Gasteiger partial charge >= 0.3 is 5.97 Å². The summed E-state index contributed by atoms with van der Waals surface area (Å²) in [5.41, 5.74) is 2.58. The Morgan fingerprint density at radius 2 is 1.86 bits per heavy atom. The number of rotatable bonds is 3. The number of carbonyl (C=O) groups excluding carboxylic acids is 2. The number of hydrogen-bond donors (Lipinski definition) is 0. The first kappa shape index (κ1) is 13.4. The van der Waals surface area contributed by atoms with E-state index in [1.54, 1.807) is 36.1 Å². The smallest absolute Gasteiger partial charge is 0.310 e. The molecule has 4 nitrogen and oxygen atoms in total. The molecule has 1 heterocycles. The minimum atomic E-state index is -0.271. The molecular weight excluding hydrogens is 266 g/mol. The molecule has 0 fully saturated rings. The molecule has 0 aliphatic carbocycles. The average Bonchev–Trinajstić information content (AvgIpc) is 2.85. The Morgan fingerprint density at radius 1 is 1.14 bits per heavy atom. The van der Waals surface area contributed by atoms with Crippen molar-refractivity contribution in [1.82, 2.24) is 0 Å². The van der Waals surface area contributed by atoms with Gasteiger partial charge in [0.25, 0.3) is 5.91 Å². The van der Waals surface area contributed by atoms with E-state index in [2.05, 4.69) is 0 Å². The summed E-state index contributed by atoms with van der Waals surface area (Å²) >= 11 is 0. The number of nitrogens with zero attached hydrogens (tertiary/aromatic N) is 1. The fraction of sp³-hybridized carbons (Fsp3) is 0.176. The highest BCUT2D eigenvalue weighted by Gasteiger charge is 2.27. The van der Waals surface area contributed by atoms with Crippen LogP contribution in [0.1, 0.15) is 29.3 Å². The van der Waals surface area contributed by atoms with E-state index in [0.29, 0.717) is 18.7 Å². The normalized spacial score (nSPS) is 13.2.